The molecule has 1 aromatic carbocycles. The number of nitrogens with zero attached hydrogens (tertiary/aromatic N) is 2. The van der Waals surface area contributed by atoms with Gasteiger partial charge in [0.05, 0.1) is 11.3 Å². The maximum absolute atomic E-state index is 12.7. The van der Waals surface area contributed by atoms with Crippen molar-refractivity contribution in [3.8, 4) is 0 Å². The zero-order valence-corrected chi connectivity index (χ0v) is 10.3. The summed E-state index contributed by atoms with van der Waals surface area (Å²) in [5.74, 6) is -0.460. The number of carbonyl (C=O) groups excluding carboxylic acids is 1. The molecule has 2 rings (SSSR count). The Bertz CT molecular complexity index is 560. The lowest BCUT2D eigenvalue weighted by Gasteiger charge is -2.04. The van der Waals surface area contributed by atoms with E-state index in [1.807, 2.05) is 0 Å². The monoisotopic (exact) mass is 247 g/mol. The third-order valence-corrected chi connectivity index (χ3v) is 2.62. The van der Waals surface area contributed by atoms with Gasteiger partial charge in [0.1, 0.15) is 5.82 Å². The Hall–Kier alpha value is -2.17. The third-order valence-electron chi connectivity index (χ3n) is 2.62. The second-order valence-electron chi connectivity index (χ2n) is 4.11. The van der Waals surface area contributed by atoms with Gasteiger partial charge in [0, 0.05) is 19.8 Å². The van der Waals surface area contributed by atoms with E-state index in [2.05, 4.69) is 10.4 Å². The van der Waals surface area contributed by atoms with Crippen LogP contribution in [0.3, 0.4) is 0 Å². The summed E-state index contributed by atoms with van der Waals surface area (Å²) in [4.78, 5) is 11.9. The maximum Gasteiger partial charge on any atom is 0.255 e. The second kappa shape index (κ2) is 5.00. The van der Waals surface area contributed by atoms with E-state index in [0.29, 0.717) is 17.8 Å². The number of aryl methyl sites for hydroxylation is 2. The molecule has 0 aliphatic rings. The SMILES string of the molecule is Cc1nn(C)cc1C(=O)NCc1ccc(F)cc1. The highest BCUT2D eigenvalue weighted by molar-refractivity contribution is 5.94. The molecule has 18 heavy (non-hydrogen) atoms. The number of nitrogens with one attached hydrogen (secondary N) is 1. The van der Waals surface area contributed by atoms with Gasteiger partial charge in [0.25, 0.3) is 5.91 Å². The lowest BCUT2D eigenvalue weighted by atomic mass is 10.2. The van der Waals surface area contributed by atoms with Crippen molar-refractivity contribution >= 4 is 5.91 Å². The third kappa shape index (κ3) is 2.74. The van der Waals surface area contributed by atoms with Gasteiger partial charge >= 0.3 is 0 Å². The van der Waals surface area contributed by atoms with E-state index < -0.39 is 0 Å². The van der Waals surface area contributed by atoms with Gasteiger partial charge in [-0.3, -0.25) is 9.48 Å². The highest BCUT2D eigenvalue weighted by atomic mass is 19.1. The number of aromatic nitrogens is 2. The Labute approximate surface area is 104 Å². The first-order valence-corrected chi connectivity index (χ1v) is 5.59. The fraction of sp³-hybridized carbons (Fsp3) is 0.231. The van der Waals surface area contributed by atoms with Gasteiger partial charge in [-0.2, -0.15) is 5.10 Å². The summed E-state index contributed by atoms with van der Waals surface area (Å²) < 4.78 is 14.3. The van der Waals surface area contributed by atoms with Crippen LogP contribution in [0.4, 0.5) is 4.39 Å². The van der Waals surface area contributed by atoms with Crippen LogP contribution in [0.25, 0.3) is 0 Å². The molecule has 1 N–H and O–H groups in total. The number of hydrogen-bond acceptors (Lipinski definition) is 2. The van der Waals surface area contributed by atoms with Crippen LogP contribution in [0.1, 0.15) is 21.6 Å². The zero-order valence-electron chi connectivity index (χ0n) is 10.3. The summed E-state index contributed by atoms with van der Waals surface area (Å²) in [5.41, 5.74) is 2.10. The molecule has 0 atom stereocenters. The van der Waals surface area contributed by atoms with Crippen molar-refractivity contribution < 1.29 is 9.18 Å². The molecule has 0 spiro atoms. The van der Waals surface area contributed by atoms with Crippen LogP contribution in [0, 0.1) is 12.7 Å². The highest BCUT2D eigenvalue weighted by Crippen LogP contribution is 2.06. The Morgan fingerprint density at radius 3 is 2.61 bits per heavy atom. The van der Waals surface area contributed by atoms with Crippen molar-refractivity contribution in [3.05, 3.63) is 53.1 Å². The first kappa shape index (κ1) is 12.3. The standard InChI is InChI=1S/C13H14FN3O/c1-9-12(8-17(2)16-9)13(18)15-7-10-3-5-11(14)6-4-10/h3-6,8H,7H2,1-2H3,(H,15,18). The summed E-state index contributed by atoms with van der Waals surface area (Å²) >= 11 is 0. The molecule has 1 heterocycles. The van der Waals surface area contributed by atoms with Gasteiger partial charge in [-0.15, -0.1) is 0 Å². The molecule has 94 valence electrons. The largest absolute Gasteiger partial charge is 0.348 e. The molecule has 2 aromatic rings. The molecule has 0 aliphatic carbocycles. The molecule has 0 aliphatic heterocycles. The average molecular weight is 247 g/mol. The number of benzene rings is 1. The van der Waals surface area contributed by atoms with Gasteiger partial charge < -0.3 is 5.32 Å². The lowest BCUT2D eigenvalue weighted by Crippen LogP contribution is -2.23. The van der Waals surface area contributed by atoms with E-state index in [9.17, 15) is 9.18 Å². The van der Waals surface area contributed by atoms with Crippen molar-refractivity contribution in [3.63, 3.8) is 0 Å². The molecule has 0 unspecified atom stereocenters. The van der Waals surface area contributed by atoms with Crippen molar-refractivity contribution in [2.24, 2.45) is 7.05 Å². The van der Waals surface area contributed by atoms with Gasteiger partial charge in [-0.1, -0.05) is 12.1 Å². The number of rotatable bonds is 3. The van der Waals surface area contributed by atoms with Crippen LogP contribution in [0.2, 0.25) is 0 Å². The maximum atomic E-state index is 12.7. The molecular formula is C13H14FN3O. The van der Waals surface area contributed by atoms with E-state index in [-0.39, 0.29) is 11.7 Å². The van der Waals surface area contributed by atoms with Crippen molar-refractivity contribution in [1.82, 2.24) is 15.1 Å². The molecular weight excluding hydrogens is 233 g/mol. The van der Waals surface area contributed by atoms with E-state index in [4.69, 9.17) is 0 Å². The smallest absolute Gasteiger partial charge is 0.255 e. The fourth-order valence-electron chi connectivity index (χ4n) is 1.70. The summed E-state index contributed by atoms with van der Waals surface area (Å²) in [7, 11) is 1.77. The first-order chi connectivity index (χ1) is 8.56. The second-order valence-corrected chi connectivity index (χ2v) is 4.11. The Kier molecular flexibility index (Phi) is 3.41. The summed E-state index contributed by atoms with van der Waals surface area (Å²) in [6, 6.07) is 6.03. The molecule has 4 nitrogen and oxygen atoms in total. The van der Waals surface area contributed by atoms with E-state index in [1.165, 1.54) is 12.1 Å². The number of halogens is 1. The van der Waals surface area contributed by atoms with Crippen LogP contribution < -0.4 is 5.32 Å². The lowest BCUT2D eigenvalue weighted by molar-refractivity contribution is 0.0950. The number of hydrogen-bond donors (Lipinski definition) is 1. The fourth-order valence-corrected chi connectivity index (χ4v) is 1.70. The summed E-state index contributed by atoms with van der Waals surface area (Å²) in [5, 5.41) is 6.88. The van der Waals surface area contributed by atoms with E-state index >= 15 is 0 Å². The molecule has 0 radical (unpaired) electrons. The first-order valence-electron chi connectivity index (χ1n) is 5.59. The predicted octanol–water partition coefficient (Wildman–Crippen LogP) is 1.80. The quantitative estimate of drug-likeness (QED) is 0.899. The van der Waals surface area contributed by atoms with Crippen LogP contribution >= 0.6 is 0 Å². The highest BCUT2D eigenvalue weighted by Gasteiger charge is 2.11. The van der Waals surface area contributed by atoms with Crippen LogP contribution in [0.15, 0.2) is 30.5 Å². The Morgan fingerprint density at radius 2 is 2.06 bits per heavy atom. The molecule has 0 saturated carbocycles. The predicted molar refractivity (Wildman–Crippen MR) is 65.5 cm³/mol. The summed E-state index contributed by atoms with van der Waals surface area (Å²) in [6.07, 6.45) is 1.68. The van der Waals surface area contributed by atoms with Crippen molar-refractivity contribution in [2.45, 2.75) is 13.5 Å². The van der Waals surface area contributed by atoms with Gasteiger partial charge in [-0.25, -0.2) is 4.39 Å². The molecule has 0 bridgehead atoms. The molecule has 0 fully saturated rings. The minimum absolute atomic E-state index is 0.176. The number of amides is 1. The average Bonchev–Trinajstić information content (AvgIpc) is 2.67. The molecule has 5 heteroatoms. The molecule has 1 amide bonds. The van der Waals surface area contributed by atoms with Crippen molar-refractivity contribution in [1.29, 1.82) is 0 Å². The molecule has 0 saturated heterocycles. The minimum Gasteiger partial charge on any atom is -0.348 e. The minimum atomic E-state index is -0.284. The summed E-state index contributed by atoms with van der Waals surface area (Å²) in [6.45, 7) is 2.15. The van der Waals surface area contributed by atoms with Crippen LogP contribution in [-0.2, 0) is 13.6 Å². The normalized spacial score (nSPS) is 10.4. The number of carbonyl (C=O) groups is 1. The Balaban J connectivity index is 2.00. The van der Waals surface area contributed by atoms with E-state index in [1.54, 1.807) is 37.0 Å². The van der Waals surface area contributed by atoms with E-state index in [0.717, 1.165) is 5.56 Å². The molecule has 1 aromatic heterocycles. The van der Waals surface area contributed by atoms with Crippen molar-refractivity contribution in [2.75, 3.05) is 0 Å². The zero-order chi connectivity index (χ0) is 13.1. The van der Waals surface area contributed by atoms with Gasteiger partial charge in [0.15, 0.2) is 0 Å². The topological polar surface area (TPSA) is 46.9 Å². The van der Waals surface area contributed by atoms with Gasteiger partial charge in [0.2, 0.25) is 0 Å². The van der Waals surface area contributed by atoms with Crippen LogP contribution in [0.5, 0.6) is 0 Å². The Morgan fingerprint density at radius 1 is 1.39 bits per heavy atom. The van der Waals surface area contributed by atoms with Gasteiger partial charge in [-0.05, 0) is 24.6 Å². The van der Waals surface area contributed by atoms with Crippen LogP contribution in [-0.4, -0.2) is 15.7 Å².